The van der Waals surface area contributed by atoms with Crippen LogP contribution in [0.1, 0.15) is 12.2 Å². The number of aromatic nitrogens is 5. The largest absolute Gasteiger partial charge is 0.363 e. The third-order valence-electron chi connectivity index (χ3n) is 4.15. The van der Waals surface area contributed by atoms with Crippen LogP contribution in [0.3, 0.4) is 0 Å². The van der Waals surface area contributed by atoms with Crippen LogP contribution in [0, 0.1) is 6.92 Å². The number of fused-ring (bicyclic) bond motifs is 1. The number of benzene rings is 1. The smallest absolute Gasteiger partial charge is 0.264 e. The Labute approximate surface area is 153 Å². The van der Waals surface area contributed by atoms with Crippen LogP contribution in [0.4, 0.5) is 5.82 Å². The molecule has 0 aliphatic carbocycles. The summed E-state index contributed by atoms with van der Waals surface area (Å²) in [4.78, 5) is 29.4. The molecule has 3 heterocycles. The van der Waals surface area contributed by atoms with E-state index in [1.807, 2.05) is 30.3 Å². The molecular formula is C18H16N6O3. The van der Waals surface area contributed by atoms with E-state index >= 15 is 0 Å². The van der Waals surface area contributed by atoms with Gasteiger partial charge in [0.2, 0.25) is 5.91 Å². The predicted octanol–water partition coefficient (Wildman–Crippen LogP) is 1.91. The number of para-hydroxylation sites is 1. The number of carbonyl (C=O) groups excluding carboxylic acids is 1. The molecule has 9 nitrogen and oxygen atoms in total. The Kier molecular flexibility index (Phi) is 4.25. The lowest BCUT2D eigenvalue weighted by Crippen LogP contribution is -2.26. The minimum absolute atomic E-state index is 0.105. The van der Waals surface area contributed by atoms with Crippen LogP contribution in [0.2, 0.25) is 0 Å². The predicted molar refractivity (Wildman–Crippen MR) is 97.6 cm³/mol. The van der Waals surface area contributed by atoms with E-state index in [0.717, 1.165) is 5.69 Å². The normalized spacial score (nSPS) is 11.0. The van der Waals surface area contributed by atoms with Crippen molar-refractivity contribution in [1.29, 1.82) is 0 Å². The molecule has 0 unspecified atom stereocenters. The summed E-state index contributed by atoms with van der Waals surface area (Å²) in [6, 6.07) is 11.0. The first kappa shape index (κ1) is 16.7. The Morgan fingerprint density at radius 1 is 1.22 bits per heavy atom. The summed E-state index contributed by atoms with van der Waals surface area (Å²) in [6.45, 7) is 1.94. The molecule has 0 saturated carbocycles. The molecule has 0 saturated heterocycles. The fourth-order valence-corrected chi connectivity index (χ4v) is 2.82. The van der Waals surface area contributed by atoms with Crippen LogP contribution < -0.4 is 10.9 Å². The van der Waals surface area contributed by atoms with Crippen molar-refractivity contribution in [2.24, 2.45) is 0 Å². The van der Waals surface area contributed by atoms with Crippen LogP contribution in [0.25, 0.3) is 16.7 Å². The van der Waals surface area contributed by atoms with Crippen molar-refractivity contribution in [2.75, 3.05) is 5.32 Å². The second-order valence-corrected chi connectivity index (χ2v) is 5.93. The molecule has 9 heteroatoms. The fourth-order valence-electron chi connectivity index (χ4n) is 2.82. The molecule has 4 rings (SSSR count). The van der Waals surface area contributed by atoms with Gasteiger partial charge in [0, 0.05) is 19.0 Å². The molecule has 136 valence electrons. The molecule has 27 heavy (non-hydrogen) atoms. The maximum atomic E-state index is 12.8. The van der Waals surface area contributed by atoms with Gasteiger partial charge in [0.15, 0.2) is 11.5 Å². The van der Waals surface area contributed by atoms with E-state index in [4.69, 9.17) is 0 Å². The zero-order valence-corrected chi connectivity index (χ0v) is 14.5. The van der Waals surface area contributed by atoms with Gasteiger partial charge < -0.3 is 9.84 Å². The highest BCUT2D eigenvalue weighted by Crippen LogP contribution is 2.14. The molecule has 0 fully saturated rings. The molecule has 0 aliphatic rings. The van der Waals surface area contributed by atoms with E-state index < -0.39 is 0 Å². The number of rotatable bonds is 5. The van der Waals surface area contributed by atoms with Crippen LogP contribution in [-0.4, -0.2) is 30.4 Å². The zero-order chi connectivity index (χ0) is 18.8. The molecular weight excluding hydrogens is 348 g/mol. The van der Waals surface area contributed by atoms with Crippen LogP contribution in [0.5, 0.6) is 0 Å². The highest BCUT2D eigenvalue weighted by atomic mass is 16.5. The van der Waals surface area contributed by atoms with E-state index in [9.17, 15) is 9.59 Å². The molecule has 1 amide bonds. The minimum atomic E-state index is -0.268. The van der Waals surface area contributed by atoms with Crippen molar-refractivity contribution in [2.45, 2.75) is 19.9 Å². The second-order valence-electron chi connectivity index (χ2n) is 5.93. The third kappa shape index (κ3) is 3.22. The van der Waals surface area contributed by atoms with Crippen LogP contribution in [0.15, 0.2) is 58.2 Å². The van der Waals surface area contributed by atoms with Crippen molar-refractivity contribution in [1.82, 2.24) is 24.5 Å². The summed E-state index contributed by atoms with van der Waals surface area (Å²) in [5.41, 5.74) is 1.09. The van der Waals surface area contributed by atoms with E-state index in [0.29, 0.717) is 22.7 Å². The van der Waals surface area contributed by atoms with Crippen molar-refractivity contribution in [3.8, 4) is 5.69 Å². The lowest BCUT2D eigenvalue weighted by molar-refractivity contribution is -0.116. The minimum Gasteiger partial charge on any atom is -0.363 e. The quantitative estimate of drug-likeness (QED) is 0.579. The van der Waals surface area contributed by atoms with Gasteiger partial charge in [0.25, 0.3) is 5.56 Å². The molecule has 0 bridgehead atoms. The van der Waals surface area contributed by atoms with Crippen molar-refractivity contribution in [3.63, 3.8) is 0 Å². The number of aryl methyl sites for hydroxylation is 1. The Bertz CT molecular complexity index is 1150. The number of nitrogens with one attached hydrogen (secondary N) is 1. The third-order valence-corrected chi connectivity index (χ3v) is 4.15. The SMILES string of the molecule is Cc1nc2c(cnn2-c2ccccc2)c(=O)n1CCC(=O)Nc1ccon1. The summed E-state index contributed by atoms with van der Waals surface area (Å²) in [7, 11) is 0. The summed E-state index contributed by atoms with van der Waals surface area (Å²) >= 11 is 0. The molecule has 0 radical (unpaired) electrons. The van der Waals surface area contributed by atoms with E-state index in [1.54, 1.807) is 17.7 Å². The summed E-state index contributed by atoms with van der Waals surface area (Å²) < 4.78 is 7.77. The number of nitrogens with zero attached hydrogens (tertiary/aromatic N) is 5. The summed E-state index contributed by atoms with van der Waals surface area (Å²) in [5.74, 6) is 0.580. The number of hydrogen-bond donors (Lipinski definition) is 1. The first-order chi connectivity index (χ1) is 13.1. The van der Waals surface area contributed by atoms with Gasteiger partial charge in [-0.1, -0.05) is 23.4 Å². The van der Waals surface area contributed by atoms with Crippen LogP contribution in [-0.2, 0) is 11.3 Å². The number of hydrogen-bond acceptors (Lipinski definition) is 6. The van der Waals surface area contributed by atoms with Crippen molar-refractivity contribution < 1.29 is 9.32 Å². The first-order valence-corrected chi connectivity index (χ1v) is 8.34. The van der Waals surface area contributed by atoms with Crippen LogP contribution >= 0.6 is 0 Å². The molecule has 4 aromatic rings. The van der Waals surface area contributed by atoms with E-state index in [-0.39, 0.29) is 24.4 Å². The van der Waals surface area contributed by atoms with Gasteiger partial charge >= 0.3 is 0 Å². The Morgan fingerprint density at radius 2 is 2.04 bits per heavy atom. The van der Waals surface area contributed by atoms with Gasteiger partial charge in [-0.3, -0.25) is 14.2 Å². The Hall–Kier alpha value is -3.75. The van der Waals surface area contributed by atoms with Gasteiger partial charge in [-0.2, -0.15) is 5.10 Å². The molecule has 3 aromatic heterocycles. The Morgan fingerprint density at radius 3 is 2.78 bits per heavy atom. The highest BCUT2D eigenvalue weighted by Gasteiger charge is 2.15. The summed E-state index contributed by atoms with van der Waals surface area (Å²) in [5, 5.41) is 10.9. The van der Waals surface area contributed by atoms with Gasteiger partial charge in [0.05, 0.1) is 11.9 Å². The van der Waals surface area contributed by atoms with Gasteiger partial charge in [-0.15, -0.1) is 0 Å². The lowest BCUT2D eigenvalue weighted by atomic mass is 10.3. The van der Waals surface area contributed by atoms with Crippen molar-refractivity contribution >= 4 is 22.8 Å². The molecule has 0 atom stereocenters. The zero-order valence-electron chi connectivity index (χ0n) is 14.5. The topological polar surface area (TPSA) is 108 Å². The molecule has 0 aliphatic heterocycles. The summed E-state index contributed by atoms with van der Waals surface area (Å²) in [6.07, 6.45) is 2.98. The number of anilines is 1. The maximum absolute atomic E-state index is 12.8. The fraction of sp³-hybridized carbons (Fsp3) is 0.167. The second kappa shape index (κ2) is 6.87. The van der Waals surface area contributed by atoms with Gasteiger partial charge in [0.1, 0.15) is 17.5 Å². The molecule has 0 spiro atoms. The van der Waals surface area contributed by atoms with Gasteiger partial charge in [-0.25, -0.2) is 9.67 Å². The number of carbonyl (C=O) groups is 1. The Balaban J connectivity index is 1.61. The first-order valence-electron chi connectivity index (χ1n) is 8.34. The van der Waals surface area contributed by atoms with E-state index in [2.05, 4.69) is 25.1 Å². The average molecular weight is 364 g/mol. The molecule has 1 aromatic carbocycles. The standard InChI is InChI=1S/C18H16N6O3/c1-12-20-17-14(11-19-24(17)13-5-3-2-4-6-13)18(26)23(12)9-7-16(25)21-15-8-10-27-22-15/h2-6,8,10-11H,7,9H2,1H3,(H,21,22,25). The average Bonchev–Trinajstić information content (AvgIpc) is 3.32. The van der Waals surface area contributed by atoms with Crippen molar-refractivity contribution in [3.05, 3.63) is 65.0 Å². The van der Waals surface area contributed by atoms with Gasteiger partial charge in [-0.05, 0) is 19.1 Å². The monoisotopic (exact) mass is 364 g/mol. The molecule has 1 N–H and O–H groups in total. The van der Waals surface area contributed by atoms with E-state index in [1.165, 1.54) is 17.0 Å². The number of amides is 1. The highest BCUT2D eigenvalue weighted by molar-refractivity contribution is 5.89. The lowest BCUT2D eigenvalue weighted by Gasteiger charge is -2.10. The maximum Gasteiger partial charge on any atom is 0.264 e.